The van der Waals surface area contributed by atoms with Crippen molar-refractivity contribution in [3.63, 3.8) is 0 Å². The van der Waals surface area contributed by atoms with Crippen molar-refractivity contribution in [2.24, 2.45) is 4.99 Å². The number of rotatable bonds is 27. The average Bonchev–Trinajstić information content (AvgIpc) is 1.55. The molecule has 0 saturated heterocycles. The molecule has 692 valence electrons. The molecule has 139 heavy (non-hydrogen) atoms. The van der Waals surface area contributed by atoms with Gasteiger partial charge in [0.1, 0.15) is 6.04 Å². The number of hydrogen-bond acceptors (Lipinski definition) is 9. The van der Waals surface area contributed by atoms with Gasteiger partial charge in [0.05, 0.1) is 44.8 Å². The predicted molar refractivity (Wildman–Crippen MR) is 589 cm³/mol. The highest BCUT2D eigenvalue weighted by molar-refractivity contribution is 6.14. The van der Waals surface area contributed by atoms with Gasteiger partial charge in [-0.2, -0.15) is 0 Å². The van der Waals surface area contributed by atoms with Gasteiger partial charge in [-0.15, -0.1) is 6.58 Å². The lowest BCUT2D eigenvalue weighted by Gasteiger charge is -2.38. The molecule has 0 spiro atoms. The van der Waals surface area contributed by atoms with E-state index in [1.54, 1.807) is 0 Å². The van der Waals surface area contributed by atoms with E-state index in [0.29, 0.717) is 41.4 Å². The number of aliphatic imine (C=N–C) groups is 1. The topological polar surface area (TPSA) is 120 Å². The van der Waals surface area contributed by atoms with Crippen molar-refractivity contribution in [1.29, 1.82) is 0 Å². The van der Waals surface area contributed by atoms with Crippen LogP contribution in [0, 0.1) is 0 Å². The Bertz CT molecular complexity index is 7820. The lowest BCUT2D eigenvalue weighted by molar-refractivity contribution is 0.584. The minimum Gasteiger partial charge on any atom is -0.379 e. The molecule has 13 aromatic carbocycles. The normalized spacial score (nSPS) is 13.2. The molecule has 5 aromatic heterocycles. The average molecular weight is 1820 g/mol. The lowest BCUT2D eigenvalue weighted by atomic mass is 9.74. The maximum absolute atomic E-state index is 5.81. The fourth-order valence-corrected chi connectivity index (χ4v) is 19.7. The number of para-hydroxylation sites is 2. The number of nitrogens with zero attached hydrogens (tertiary/aromatic N) is 11. The highest BCUT2D eigenvalue weighted by atomic mass is 15.2. The minimum absolute atomic E-state index is 0.0753. The lowest BCUT2D eigenvalue weighted by Crippen LogP contribution is -2.37. The second kappa shape index (κ2) is 38.2. The van der Waals surface area contributed by atoms with Gasteiger partial charge in [0.2, 0.25) is 0 Å². The Morgan fingerprint density at radius 3 is 1.32 bits per heavy atom. The highest BCUT2D eigenvalue weighted by Gasteiger charge is 2.37. The molecule has 12 heteroatoms. The van der Waals surface area contributed by atoms with Crippen LogP contribution in [-0.4, -0.2) is 55.9 Å². The number of benzene rings is 13. The van der Waals surface area contributed by atoms with Crippen molar-refractivity contribution in [3.8, 4) is 79.7 Å². The monoisotopic (exact) mass is 1820 g/mol. The number of fused-ring (bicyclic) bond motifs is 9. The SMILES string of the molecule is C=C/C=C\NC(/C(=C\C=C)N(c1ccc(C(C)(C)C)cc1CC=C)C(C)C)c1cc(-n2c3ccc(C(C)(C)C)cc3c3cc(C(C)(C)C)cc(C(C)(C)c4ccc5c(c4)c4ccccc4n5/C(=C/C=C)C(/N=C\C=C/C)c4cc(-n5c6ccccc6c6cc(C(C)(C)C)ccc65)ccc4-c4nc(-c5ccccc5)nc(-c5ccccc5)n4)c32)ccc1-c1nc(-c2ccccc2)nc(-c2ccccc2)n1. The Hall–Kier alpha value is -15.5. The zero-order chi connectivity index (χ0) is 97.6. The summed E-state index contributed by atoms with van der Waals surface area (Å²) in [5.41, 5.74) is 24.9. The summed E-state index contributed by atoms with van der Waals surface area (Å²) in [6.45, 7) is 56.7. The Morgan fingerprint density at radius 1 is 0.388 bits per heavy atom. The van der Waals surface area contributed by atoms with Crippen LogP contribution in [0.5, 0.6) is 0 Å². The third-order valence-corrected chi connectivity index (χ3v) is 27.1. The summed E-state index contributed by atoms with van der Waals surface area (Å²) >= 11 is 0. The first-order chi connectivity index (χ1) is 66.9. The van der Waals surface area contributed by atoms with E-state index in [-0.39, 0.29) is 27.7 Å². The summed E-state index contributed by atoms with van der Waals surface area (Å²) in [5, 5.41) is 10.8. The van der Waals surface area contributed by atoms with Gasteiger partial charge >= 0.3 is 0 Å². The van der Waals surface area contributed by atoms with E-state index < -0.39 is 17.5 Å². The van der Waals surface area contributed by atoms with Crippen LogP contribution in [0.4, 0.5) is 5.69 Å². The molecular formula is C127H124N12. The van der Waals surface area contributed by atoms with E-state index in [2.05, 4.69) is 392 Å². The Balaban J connectivity index is 0.887. The number of aromatic nitrogens is 9. The van der Waals surface area contributed by atoms with Gasteiger partial charge in [-0.25, -0.2) is 29.9 Å². The zero-order valence-electron chi connectivity index (χ0n) is 83.3. The van der Waals surface area contributed by atoms with Crippen LogP contribution in [0.3, 0.4) is 0 Å². The van der Waals surface area contributed by atoms with E-state index in [9.17, 15) is 0 Å². The standard InChI is InChI=1S/C127H124N12/c1-22-27-72-128-114(112(46-25-4)136(82(6)7)106-68-60-88(123(8,9)10)74-87(106)45-24-3)103-81-94(65-67-98(103)122-134-119(85-52-37-31-38-53-85)131-120(135-122)86-54-39-32-40-55-86)138-110-70-62-90(125(14,15)16)76-101(110)104-78-92(126(17,18)19)79-105(116(104)138)127(20,21)91-63-71-111-100(77-91)96-57-42-44-59-108(96)139(111)113(47-26-5)115(129-73-28-23-2)102-80-93(137-107-58-43-41-56-95(107)99-75-89(124(11,12)13)61-69-109(99)137)64-66-97(102)121-132-117(83-48-33-29-34-49-83)130-118(133-121)84-50-35-30-36-51-84/h22-44,46-82,114-115,128H,1,3-5,45H2,2,6-21H3/b28-23-,72-27-,112-46+,113-47+,129-73-. The highest BCUT2D eigenvalue weighted by Crippen LogP contribution is 2.51. The molecule has 1 N–H and O–H groups in total. The predicted octanol–water partition coefficient (Wildman–Crippen LogP) is 32.3. The van der Waals surface area contributed by atoms with Crippen molar-refractivity contribution in [2.75, 3.05) is 4.90 Å². The van der Waals surface area contributed by atoms with Crippen LogP contribution in [0.1, 0.15) is 180 Å². The molecule has 2 unspecified atom stereocenters. The molecule has 0 aliphatic carbocycles. The van der Waals surface area contributed by atoms with Crippen molar-refractivity contribution >= 4 is 83.0 Å². The van der Waals surface area contributed by atoms with Gasteiger partial charge in [0.15, 0.2) is 34.9 Å². The van der Waals surface area contributed by atoms with Crippen LogP contribution in [0.2, 0.25) is 0 Å². The van der Waals surface area contributed by atoms with Crippen LogP contribution in [0.15, 0.2) is 389 Å². The second-order valence-electron chi connectivity index (χ2n) is 41.3. The fraction of sp³-hybridized carbons (Fsp3) is 0.205. The molecule has 18 aromatic rings. The Morgan fingerprint density at radius 2 is 0.806 bits per heavy atom. The van der Waals surface area contributed by atoms with E-state index >= 15 is 0 Å². The van der Waals surface area contributed by atoms with Gasteiger partial charge in [-0.1, -0.05) is 341 Å². The first-order valence-electron chi connectivity index (χ1n) is 48.5. The quantitative estimate of drug-likeness (QED) is 0.0307. The molecule has 0 radical (unpaired) electrons. The van der Waals surface area contributed by atoms with Gasteiger partial charge < -0.3 is 23.9 Å². The summed E-state index contributed by atoms with van der Waals surface area (Å²) in [7, 11) is 0. The molecule has 5 heterocycles. The van der Waals surface area contributed by atoms with Crippen molar-refractivity contribution in [1.82, 2.24) is 48.9 Å². The van der Waals surface area contributed by atoms with E-state index in [4.69, 9.17) is 34.9 Å². The number of allylic oxidation sites excluding steroid dienone is 9. The zero-order valence-corrected chi connectivity index (χ0v) is 83.3. The third-order valence-electron chi connectivity index (χ3n) is 27.1. The summed E-state index contributed by atoms with van der Waals surface area (Å²) in [6, 6.07) is 104. The van der Waals surface area contributed by atoms with Crippen molar-refractivity contribution < 1.29 is 0 Å². The molecule has 0 fully saturated rings. The molecule has 0 bridgehead atoms. The Kier molecular flexibility index (Phi) is 25.8. The number of anilines is 1. The molecule has 18 rings (SSSR count). The smallest absolute Gasteiger partial charge is 0.164 e. The summed E-state index contributed by atoms with van der Waals surface area (Å²) in [6.07, 6.45) is 22.6. The largest absolute Gasteiger partial charge is 0.379 e. The van der Waals surface area contributed by atoms with Gasteiger partial charge in [-0.3, -0.25) is 4.99 Å². The first-order valence-corrected chi connectivity index (χ1v) is 48.5. The van der Waals surface area contributed by atoms with Crippen LogP contribution < -0.4 is 10.2 Å². The fourth-order valence-electron chi connectivity index (χ4n) is 19.7. The second-order valence-corrected chi connectivity index (χ2v) is 41.3. The molecular weight excluding hydrogens is 1690 g/mol. The van der Waals surface area contributed by atoms with E-state index in [1.165, 1.54) is 33.0 Å². The molecule has 0 aliphatic heterocycles. The van der Waals surface area contributed by atoms with Gasteiger partial charge in [0, 0.05) is 106 Å². The Labute approximate surface area is 819 Å². The molecule has 12 nitrogen and oxygen atoms in total. The van der Waals surface area contributed by atoms with Gasteiger partial charge in [-0.05, 0) is 226 Å². The summed E-state index contributed by atoms with van der Waals surface area (Å²) in [5.74, 6) is 3.23. The van der Waals surface area contributed by atoms with Crippen LogP contribution in [-0.2, 0) is 33.5 Å². The van der Waals surface area contributed by atoms with Crippen molar-refractivity contribution in [3.05, 3.63) is 434 Å². The molecule has 0 amide bonds. The number of hydrogen-bond donors (Lipinski definition) is 1. The van der Waals surface area contributed by atoms with E-state index in [1.807, 2.05) is 135 Å². The van der Waals surface area contributed by atoms with E-state index in [0.717, 1.165) is 144 Å². The third kappa shape index (κ3) is 18.3. The van der Waals surface area contributed by atoms with Crippen LogP contribution >= 0.6 is 0 Å². The molecule has 0 saturated carbocycles. The maximum atomic E-state index is 5.81. The minimum atomic E-state index is -0.731. The molecule has 0 aliphatic rings. The van der Waals surface area contributed by atoms with Crippen LogP contribution in [0.25, 0.3) is 151 Å². The summed E-state index contributed by atoms with van der Waals surface area (Å²) in [4.78, 5) is 41.0. The number of nitrogens with one attached hydrogen (secondary N) is 1. The van der Waals surface area contributed by atoms with Gasteiger partial charge in [0.25, 0.3) is 0 Å². The molecule has 2 atom stereocenters. The van der Waals surface area contributed by atoms with Crippen molar-refractivity contribution in [2.45, 2.75) is 169 Å². The summed E-state index contributed by atoms with van der Waals surface area (Å²) < 4.78 is 7.38. The first kappa shape index (κ1) is 93.9. The maximum Gasteiger partial charge on any atom is 0.164 e.